The van der Waals surface area contributed by atoms with E-state index in [1.807, 2.05) is 26.0 Å². The van der Waals surface area contributed by atoms with Crippen LogP contribution in [0.5, 0.6) is 0 Å². The first kappa shape index (κ1) is 19.7. The third-order valence-corrected chi connectivity index (χ3v) is 5.59. The molecule has 8 nitrogen and oxygen atoms in total. The quantitative estimate of drug-likeness (QED) is 0.501. The van der Waals surface area contributed by atoms with Gasteiger partial charge in [0.2, 0.25) is 10.0 Å². The van der Waals surface area contributed by atoms with Crippen molar-refractivity contribution in [2.24, 2.45) is 0 Å². The number of anilines is 3. The third-order valence-electron chi connectivity index (χ3n) is 4.13. The molecule has 0 fully saturated rings. The van der Waals surface area contributed by atoms with Crippen molar-refractivity contribution in [2.45, 2.75) is 18.7 Å². The van der Waals surface area contributed by atoms with Crippen molar-refractivity contribution >= 4 is 27.3 Å². The van der Waals surface area contributed by atoms with E-state index in [9.17, 15) is 8.42 Å². The van der Waals surface area contributed by atoms with E-state index in [1.165, 1.54) is 0 Å². The number of nitrogens with one attached hydrogen (secondary N) is 3. The monoisotopic (exact) mass is 398 g/mol. The van der Waals surface area contributed by atoms with Crippen LogP contribution in [-0.4, -0.2) is 36.7 Å². The highest BCUT2D eigenvalue weighted by Gasteiger charge is 2.13. The van der Waals surface area contributed by atoms with Gasteiger partial charge in [0.1, 0.15) is 5.82 Å². The van der Waals surface area contributed by atoms with Gasteiger partial charge in [0.05, 0.1) is 4.90 Å². The van der Waals surface area contributed by atoms with E-state index in [1.54, 1.807) is 42.7 Å². The second kappa shape index (κ2) is 8.77. The zero-order chi connectivity index (χ0) is 20.0. The molecule has 0 aliphatic heterocycles. The van der Waals surface area contributed by atoms with E-state index in [4.69, 9.17) is 0 Å². The van der Waals surface area contributed by atoms with Gasteiger partial charge in [0.15, 0.2) is 5.82 Å². The minimum atomic E-state index is -3.54. The molecular formula is C19H22N6O2S. The Morgan fingerprint density at radius 2 is 1.57 bits per heavy atom. The first-order valence-corrected chi connectivity index (χ1v) is 10.2. The second-order valence-corrected chi connectivity index (χ2v) is 8.00. The Hall–Kier alpha value is -3.04. The van der Waals surface area contributed by atoms with Crippen LogP contribution in [-0.2, 0) is 10.0 Å². The van der Waals surface area contributed by atoms with Gasteiger partial charge in [-0.3, -0.25) is 4.98 Å². The van der Waals surface area contributed by atoms with E-state index < -0.39 is 10.0 Å². The van der Waals surface area contributed by atoms with Crippen LogP contribution in [0.4, 0.5) is 17.3 Å². The molecule has 28 heavy (non-hydrogen) atoms. The number of benzene rings is 1. The second-order valence-electron chi connectivity index (χ2n) is 6.24. The Labute approximate surface area is 164 Å². The maximum absolute atomic E-state index is 12.3. The summed E-state index contributed by atoms with van der Waals surface area (Å²) >= 11 is 0. The van der Waals surface area contributed by atoms with Gasteiger partial charge in [0.25, 0.3) is 0 Å². The fourth-order valence-corrected chi connectivity index (χ4v) is 3.53. The van der Waals surface area contributed by atoms with Crippen LogP contribution in [0.25, 0.3) is 0 Å². The Bertz CT molecular complexity index is 1020. The number of nitrogens with zero attached hydrogens (tertiary/aromatic N) is 3. The van der Waals surface area contributed by atoms with Gasteiger partial charge in [-0.15, -0.1) is 10.2 Å². The SMILES string of the molecule is Cc1ccc(S(=O)(=O)NCCNc2ccc(Nc3ccncc3)nn2)cc1C. The molecule has 3 aromatic rings. The summed E-state index contributed by atoms with van der Waals surface area (Å²) in [5.41, 5.74) is 2.86. The summed E-state index contributed by atoms with van der Waals surface area (Å²) in [6, 6.07) is 12.3. The van der Waals surface area contributed by atoms with Gasteiger partial charge in [-0.25, -0.2) is 13.1 Å². The number of pyridine rings is 1. The van der Waals surface area contributed by atoms with Gasteiger partial charge < -0.3 is 10.6 Å². The van der Waals surface area contributed by atoms with Crippen LogP contribution in [0.3, 0.4) is 0 Å². The Morgan fingerprint density at radius 1 is 0.857 bits per heavy atom. The molecule has 3 N–H and O–H groups in total. The molecule has 9 heteroatoms. The molecule has 2 heterocycles. The normalized spacial score (nSPS) is 11.2. The van der Waals surface area contributed by atoms with E-state index >= 15 is 0 Å². The average Bonchev–Trinajstić information content (AvgIpc) is 2.69. The molecule has 0 atom stereocenters. The van der Waals surface area contributed by atoms with Crippen molar-refractivity contribution in [3.8, 4) is 0 Å². The molecule has 0 spiro atoms. The van der Waals surface area contributed by atoms with Gasteiger partial charge in [-0.2, -0.15) is 0 Å². The number of hydrogen-bond acceptors (Lipinski definition) is 7. The zero-order valence-electron chi connectivity index (χ0n) is 15.7. The third kappa shape index (κ3) is 5.24. The fraction of sp³-hybridized carbons (Fsp3) is 0.211. The Balaban J connectivity index is 1.49. The van der Waals surface area contributed by atoms with Crippen LogP contribution in [0.2, 0.25) is 0 Å². The van der Waals surface area contributed by atoms with E-state index in [-0.39, 0.29) is 11.4 Å². The molecule has 146 valence electrons. The first-order chi connectivity index (χ1) is 13.4. The summed E-state index contributed by atoms with van der Waals surface area (Å²) in [6.45, 7) is 4.45. The van der Waals surface area contributed by atoms with Crippen molar-refractivity contribution in [3.05, 3.63) is 66.0 Å². The van der Waals surface area contributed by atoms with Crippen LogP contribution in [0.1, 0.15) is 11.1 Å². The predicted octanol–water partition coefficient (Wildman–Crippen LogP) is 2.62. The van der Waals surface area contributed by atoms with Gasteiger partial charge >= 0.3 is 0 Å². The molecule has 0 bridgehead atoms. The molecule has 0 amide bonds. The number of hydrogen-bond donors (Lipinski definition) is 3. The number of aryl methyl sites for hydroxylation is 2. The molecule has 0 saturated carbocycles. The topological polar surface area (TPSA) is 109 Å². The standard InChI is InChI=1S/C19H22N6O2S/c1-14-3-4-17(13-15(14)2)28(26,27)22-12-11-21-18-5-6-19(25-24-18)23-16-7-9-20-10-8-16/h3-10,13,22H,11-12H2,1-2H3,(H,21,24)(H,20,23,25). The predicted molar refractivity (Wildman–Crippen MR) is 109 cm³/mol. The molecule has 0 aliphatic carbocycles. The van der Waals surface area contributed by atoms with Crippen molar-refractivity contribution in [3.63, 3.8) is 0 Å². The Morgan fingerprint density at radius 3 is 2.25 bits per heavy atom. The summed E-state index contributed by atoms with van der Waals surface area (Å²) in [7, 11) is -3.54. The number of rotatable bonds is 8. The fourth-order valence-electron chi connectivity index (χ4n) is 2.42. The average molecular weight is 398 g/mol. The minimum absolute atomic E-state index is 0.230. The Kier molecular flexibility index (Phi) is 6.17. The lowest BCUT2D eigenvalue weighted by atomic mass is 10.1. The minimum Gasteiger partial charge on any atom is -0.367 e. The lowest BCUT2D eigenvalue weighted by Crippen LogP contribution is -2.29. The summed E-state index contributed by atoms with van der Waals surface area (Å²) in [4.78, 5) is 4.22. The van der Waals surface area contributed by atoms with Gasteiger partial charge in [-0.05, 0) is 61.4 Å². The highest BCUT2D eigenvalue weighted by Crippen LogP contribution is 2.15. The van der Waals surface area contributed by atoms with Crippen molar-refractivity contribution in [2.75, 3.05) is 23.7 Å². The molecular weight excluding hydrogens is 376 g/mol. The van der Waals surface area contributed by atoms with E-state index in [0.29, 0.717) is 18.2 Å². The molecule has 0 saturated heterocycles. The number of sulfonamides is 1. The maximum atomic E-state index is 12.3. The van der Waals surface area contributed by atoms with Crippen molar-refractivity contribution in [1.29, 1.82) is 0 Å². The summed E-state index contributed by atoms with van der Waals surface area (Å²) in [5.74, 6) is 1.16. The molecule has 0 unspecified atom stereocenters. The van der Waals surface area contributed by atoms with Gasteiger partial charge in [0, 0.05) is 31.2 Å². The van der Waals surface area contributed by atoms with Crippen molar-refractivity contribution in [1.82, 2.24) is 19.9 Å². The van der Waals surface area contributed by atoms with Crippen LogP contribution >= 0.6 is 0 Å². The van der Waals surface area contributed by atoms with Crippen molar-refractivity contribution < 1.29 is 8.42 Å². The molecule has 0 aliphatic rings. The molecule has 2 aromatic heterocycles. The van der Waals surface area contributed by atoms with E-state index in [0.717, 1.165) is 16.8 Å². The lowest BCUT2D eigenvalue weighted by Gasteiger charge is -2.10. The molecule has 0 radical (unpaired) electrons. The number of aromatic nitrogens is 3. The maximum Gasteiger partial charge on any atom is 0.240 e. The molecule has 3 rings (SSSR count). The zero-order valence-corrected chi connectivity index (χ0v) is 16.5. The lowest BCUT2D eigenvalue weighted by molar-refractivity contribution is 0.582. The van der Waals surface area contributed by atoms with Crippen LogP contribution < -0.4 is 15.4 Å². The summed E-state index contributed by atoms with van der Waals surface area (Å²) < 4.78 is 27.3. The highest BCUT2D eigenvalue weighted by atomic mass is 32.2. The van der Waals surface area contributed by atoms with Crippen LogP contribution in [0.15, 0.2) is 59.8 Å². The molecule has 1 aromatic carbocycles. The summed E-state index contributed by atoms with van der Waals surface area (Å²) in [5, 5.41) is 14.3. The summed E-state index contributed by atoms with van der Waals surface area (Å²) in [6.07, 6.45) is 3.37. The van der Waals surface area contributed by atoms with Gasteiger partial charge in [-0.1, -0.05) is 6.07 Å². The highest BCUT2D eigenvalue weighted by molar-refractivity contribution is 7.89. The smallest absolute Gasteiger partial charge is 0.240 e. The van der Waals surface area contributed by atoms with E-state index in [2.05, 4.69) is 30.5 Å². The van der Waals surface area contributed by atoms with Crippen LogP contribution in [0, 0.1) is 13.8 Å². The first-order valence-electron chi connectivity index (χ1n) is 8.76. The largest absolute Gasteiger partial charge is 0.367 e.